The summed E-state index contributed by atoms with van der Waals surface area (Å²) >= 11 is 0. The smallest absolute Gasteiger partial charge is 0.260 e. The Labute approximate surface area is 161 Å². The molecular formula is C20H19FN4O3. The average molecular weight is 382 g/mol. The van der Waals surface area contributed by atoms with Crippen LogP contribution in [0.15, 0.2) is 53.3 Å². The highest BCUT2D eigenvalue weighted by molar-refractivity contribution is 5.77. The molecule has 0 bridgehead atoms. The van der Waals surface area contributed by atoms with Gasteiger partial charge in [-0.2, -0.15) is 4.98 Å². The molecule has 0 spiro atoms. The summed E-state index contributed by atoms with van der Waals surface area (Å²) in [5, 5.41) is 4.10. The van der Waals surface area contributed by atoms with Gasteiger partial charge in [-0.05, 0) is 37.1 Å². The number of aromatic nitrogens is 3. The van der Waals surface area contributed by atoms with E-state index in [0.29, 0.717) is 30.6 Å². The van der Waals surface area contributed by atoms with Crippen LogP contribution in [0.3, 0.4) is 0 Å². The predicted octanol–water partition coefficient (Wildman–Crippen LogP) is 3.06. The van der Waals surface area contributed by atoms with E-state index in [-0.39, 0.29) is 18.4 Å². The first-order chi connectivity index (χ1) is 13.7. The van der Waals surface area contributed by atoms with E-state index < -0.39 is 5.82 Å². The van der Waals surface area contributed by atoms with Crippen LogP contribution in [0.5, 0.6) is 5.75 Å². The summed E-state index contributed by atoms with van der Waals surface area (Å²) in [4.78, 5) is 22.6. The summed E-state index contributed by atoms with van der Waals surface area (Å²) in [5.74, 6) is 1.12. The molecule has 1 amide bonds. The van der Waals surface area contributed by atoms with E-state index in [1.54, 1.807) is 29.4 Å². The number of ether oxygens (including phenoxy) is 1. The fourth-order valence-electron chi connectivity index (χ4n) is 3.19. The van der Waals surface area contributed by atoms with Gasteiger partial charge in [-0.25, -0.2) is 4.39 Å². The molecule has 1 aromatic carbocycles. The van der Waals surface area contributed by atoms with Crippen molar-refractivity contribution in [1.82, 2.24) is 20.0 Å². The highest BCUT2D eigenvalue weighted by atomic mass is 19.1. The monoisotopic (exact) mass is 382 g/mol. The van der Waals surface area contributed by atoms with Gasteiger partial charge in [0.15, 0.2) is 12.4 Å². The van der Waals surface area contributed by atoms with Crippen LogP contribution in [-0.2, 0) is 4.79 Å². The molecule has 1 aliphatic heterocycles. The number of hydrogen-bond donors (Lipinski definition) is 0. The van der Waals surface area contributed by atoms with Crippen molar-refractivity contribution in [1.29, 1.82) is 0 Å². The number of amides is 1. The number of benzene rings is 1. The lowest BCUT2D eigenvalue weighted by Crippen LogP contribution is -2.40. The lowest BCUT2D eigenvalue weighted by molar-refractivity contribution is -0.134. The van der Waals surface area contributed by atoms with Crippen molar-refractivity contribution in [2.45, 2.75) is 18.8 Å². The van der Waals surface area contributed by atoms with E-state index in [1.807, 2.05) is 12.1 Å². The molecule has 0 aliphatic carbocycles. The van der Waals surface area contributed by atoms with Crippen molar-refractivity contribution in [2.24, 2.45) is 0 Å². The van der Waals surface area contributed by atoms with Crippen molar-refractivity contribution >= 4 is 5.91 Å². The zero-order valence-corrected chi connectivity index (χ0v) is 15.1. The van der Waals surface area contributed by atoms with Gasteiger partial charge < -0.3 is 14.2 Å². The molecule has 4 rings (SSSR count). The van der Waals surface area contributed by atoms with Crippen LogP contribution in [0.4, 0.5) is 4.39 Å². The highest BCUT2D eigenvalue weighted by Gasteiger charge is 2.27. The average Bonchev–Trinajstić information content (AvgIpc) is 3.23. The standard InChI is InChI=1S/C20H19FN4O3/c21-16-2-1-3-17(12-16)27-13-18(26)25-10-6-14(7-11-25)19-23-20(28-24-19)15-4-8-22-9-5-15/h1-5,8-9,12,14H,6-7,10-11,13H2. The molecule has 3 heterocycles. The molecule has 0 saturated carbocycles. The SMILES string of the molecule is O=C(COc1cccc(F)c1)N1CCC(c2noc(-c3ccncc3)n2)CC1. The Morgan fingerprint density at radius 1 is 1.21 bits per heavy atom. The maximum absolute atomic E-state index is 13.2. The molecule has 1 saturated heterocycles. The fourth-order valence-corrected chi connectivity index (χ4v) is 3.19. The van der Waals surface area contributed by atoms with Crippen molar-refractivity contribution in [2.75, 3.05) is 19.7 Å². The molecule has 8 heteroatoms. The van der Waals surface area contributed by atoms with Crippen LogP contribution in [0.25, 0.3) is 11.5 Å². The zero-order chi connectivity index (χ0) is 19.3. The third-order valence-corrected chi connectivity index (χ3v) is 4.74. The number of nitrogens with zero attached hydrogens (tertiary/aromatic N) is 4. The minimum atomic E-state index is -0.392. The second kappa shape index (κ2) is 8.16. The second-order valence-electron chi connectivity index (χ2n) is 6.59. The predicted molar refractivity (Wildman–Crippen MR) is 98.0 cm³/mol. The minimum Gasteiger partial charge on any atom is -0.484 e. The summed E-state index contributed by atoms with van der Waals surface area (Å²) in [6, 6.07) is 9.40. The number of hydrogen-bond acceptors (Lipinski definition) is 6. The molecule has 1 fully saturated rings. The molecule has 0 N–H and O–H groups in total. The molecule has 0 atom stereocenters. The van der Waals surface area contributed by atoms with Crippen LogP contribution in [0.1, 0.15) is 24.6 Å². The summed E-state index contributed by atoms with van der Waals surface area (Å²) in [6.45, 7) is 1.08. The van der Waals surface area contributed by atoms with Crippen molar-refractivity contribution < 1.29 is 18.4 Å². The number of pyridine rings is 1. The van der Waals surface area contributed by atoms with Gasteiger partial charge in [0, 0.05) is 43.0 Å². The fraction of sp³-hybridized carbons (Fsp3) is 0.300. The summed E-state index contributed by atoms with van der Waals surface area (Å²) in [7, 11) is 0. The normalized spacial score (nSPS) is 14.8. The largest absolute Gasteiger partial charge is 0.484 e. The van der Waals surface area contributed by atoms with Gasteiger partial charge in [0.1, 0.15) is 11.6 Å². The van der Waals surface area contributed by atoms with E-state index in [0.717, 1.165) is 18.4 Å². The number of carbonyl (C=O) groups is 1. The minimum absolute atomic E-state index is 0.109. The molecule has 2 aromatic heterocycles. The van der Waals surface area contributed by atoms with Gasteiger partial charge in [0.05, 0.1) is 0 Å². The van der Waals surface area contributed by atoms with E-state index in [2.05, 4.69) is 15.1 Å². The van der Waals surface area contributed by atoms with Gasteiger partial charge in [0.2, 0.25) is 0 Å². The second-order valence-corrected chi connectivity index (χ2v) is 6.59. The summed E-state index contributed by atoms with van der Waals surface area (Å²) in [5.41, 5.74) is 0.830. The number of piperidine rings is 1. The first-order valence-corrected chi connectivity index (χ1v) is 9.09. The molecule has 3 aromatic rings. The van der Waals surface area contributed by atoms with E-state index >= 15 is 0 Å². The maximum Gasteiger partial charge on any atom is 0.260 e. The van der Waals surface area contributed by atoms with Gasteiger partial charge in [0.25, 0.3) is 11.8 Å². The molecule has 1 aliphatic rings. The number of likely N-dealkylation sites (tertiary alicyclic amines) is 1. The number of carbonyl (C=O) groups excluding carboxylic acids is 1. The molecule has 7 nitrogen and oxygen atoms in total. The van der Waals surface area contributed by atoms with Crippen molar-refractivity contribution in [3.8, 4) is 17.2 Å². The maximum atomic E-state index is 13.2. The zero-order valence-electron chi connectivity index (χ0n) is 15.1. The van der Waals surface area contributed by atoms with E-state index in [4.69, 9.17) is 9.26 Å². The summed E-state index contributed by atoms with van der Waals surface area (Å²) < 4.78 is 23.9. The molecule has 0 radical (unpaired) electrons. The van der Waals surface area contributed by atoms with Crippen LogP contribution >= 0.6 is 0 Å². The van der Waals surface area contributed by atoms with E-state index in [1.165, 1.54) is 12.1 Å². The van der Waals surface area contributed by atoms with E-state index in [9.17, 15) is 9.18 Å². The Morgan fingerprint density at radius 3 is 2.75 bits per heavy atom. The lowest BCUT2D eigenvalue weighted by Gasteiger charge is -2.30. The third-order valence-electron chi connectivity index (χ3n) is 4.74. The molecule has 144 valence electrons. The number of halogens is 1. The first kappa shape index (κ1) is 18.1. The summed E-state index contributed by atoms with van der Waals surface area (Å²) in [6.07, 6.45) is 4.85. The Bertz CT molecular complexity index is 939. The quantitative estimate of drug-likeness (QED) is 0.675. The lowest BCUT2D eigenvalue weighted by atomic mass is 9.96. The van der Waals surface area contributed by atoms with Gasteiger partial charge >= 0.3 is 0 Å². The van der Waals surface area contributed by atoms with Crippen LogP contribution in [0.2, 0.25) is 0 Å². The molecule has 28 heavy (non-hydrogen) atoms. The van der Waals surface area contributed by atoms with Gasteiger partial charge in [-0.3, -0.25) is 9.78 Å². The van der Waals surface area contributed by atoms with Gasteiger partial charge in [-0.1, -0.05) is 11.2 Å². The van der Waals surface area contributed by atoms with Crippen LogP contribution < -0.4 is 4.74 Å². The van der Waals surface area contributed by atoms with Gasteiger partial charge in [-0.15, -0.1) is 0 Å². The Kier molecular flexibility index (Phi) is 5.27. The van der Waals surface area contributed by atoms with Crippen LogP contribution in [0, 0.1) is 5.82 Å². The number of rotatable bonds is 5. The molecular weight excluding hydrogens is 363 g/mol. The Hall–Kier alpha value is -3.29. The Morgan fingerprint density at radius 2 is 2.00 bits per heavy atom. The highest BCUT2D eigenvalue weighted by Crippen LogP contribution is 2.28. The van der Waals surface area contributed by atoms with Crippen molar-refractivity contribution in [3.05, 3.63) is 60.4 Å². The third kappa shape index (κ3) is 4.16. The molecule has 0 unspecified atom stereocenters. The first-order valence-electron chi connectivity index (χ1n) is 9.09. The topological polar surface area (TPSA) is 81.4 Å². The van der Waals surface area contributed by atoms with Crippen LogP contribution in [-0.4, -0.2) is 45.6 Å². The van der Waals surface area contributed by atoms with Crippen molar-refractivity contribution in [3.63, 3.8) is 0 Å². The Balaban J connectivity index is 1.30.